The first-order valence-corrected chi connectivity index (χ1v) is 3.69. The third kappa shape index (κ3) is 3.34. The van der Waals surface area contributed by atoms with Crippen LogP contribution in [0.25, 0.3) is 0 Å². The first-order chi connectivity index (χ1) is 4.86. The minimum Gasteiger partial charge on any atom is -0.316 e. The standard InChI is InChI=1S/C7H13F2N.ClH/c8-2-6-1-7(3-9)5-10-4-6;/h6-7,10H,1-5H2;1H. The number of halogens is 3. The molecular weight excluding hydrogens is 172 g/mol. The van der Waals surface area contributed by atoms with Gasteiger partial charge in [-0.1, -0.05) is 0 Å². The highest BCUT2D eigenvalue weighted by molar-refractivity contribution is 5.85. The first kappa shape index (κ1) is 11.1. The maximum Gasteiger partial charge on any atom is 0.0934 e. The van der Waals surface area contributed by atoms with Gasteiger partial charge >= 0.3 is 0 Å². The predicted molar refractivity (Wildman–Crippen MR) is 43.7 cm³/mol. The summed E-state index contributed by atoms with van der Waals surface area (Å²) in [5, 5.41) is 3.01. The fraction of sp³-hybridized carbons (Fsp3) is 1.00. The summed E-state index contributed by atoms with van der Waals surface area (Å²) in [5.41, 5.74) is 0. The van der Waals surface area contributed by atoms with Crippen molar-refractivity contribution in [3.8, 4) is 0 Å². The Morgan fingerprint density at radius 3 is 1.91 bits per heavy atom. The lowest BCUT2D eigenvalue weighted by Gasteiger charge is -2.26. The summed E-state index contributed by atoms with van der Waals surface area (Å²) in [7, 11) is 0. The van der Waals surface area contributed by atoms with Crippen LogP contribution in [0.5, 0.6) is 0 Å². The summed E-state index contributed by atoms with van der Waals surface area (Å²) in [6.45, 7) is 0.799. The zero-order chi connectivity index (χ0) is 7.40. The van der Waals surface area contributed by atoms with Crippen molar-refractivity contribution in [2.45, 2.75) is 6.42 Å². The molecular formula is C7H14ClF2N. The van der Waals surface area contributed by atoms with Crippen LogP contribution < -0.4 is 5.32 Å². The molecule has 0 aromatic rings. The third-order valence-electron chi connectivity index (χ3n) is 1.97. The van der Waals surface area contributed by atoms with Gasteiger partial charge in [-0.05, 0) is 6.42 Å². The lowest BCUT2D eigenvalue weighted by molar-refractivity contribution is 0.210. The molecule has 0 radical (unpaired) electrons. The number of alkyl halides is 2. The highest BCUT2D eigenvalue weighted by atomic mass is 35.5. The van der Waals surface area contributed by atoms with Crippen molar-refractivity contribution < 1.29 is 8.78 Å². The molecule has 0 bridgehead atoms. The summed E-state index contributed by atoms with van der Waals surface area (Å²) in [4.78, 5) is 0. The second-order valence-corrected chi connectivity index (χ2v) is 2.93. The summed E-state index contributed by atoms with van der Waals surface area (Å²) in [6.07, 6.45) is 0.708. The van der Waals surface area contributed by atoms with E-state index in [0.717, 1.165) is 0 Å². The van der Waals surface area contributed by atoms with Crippen molar-refractivity contribution in [1.82, 2.24) is 5.32 Å². The maximum atomic E-state index is 12.0. The molecule has 2 unspecified atom stereocenters. The van der Waals surface area contributed by atoms with Crippen molar-refractivity contribution in [2.75, 3.05) is 26.4 Å². The molecule has 0 spiro atoms. The van der Waals surface area contributed by atoms with Gasteiger partial charge in [0.25, 0.3) is 0 Å². The van der Waals surface area contributed by atoms with Crippen LogP contribution in [0.1, 0.15) is 6.42 Å². The zero-order valence-electron chi connectivity index (χ0n) is 6.35. The van der Waals surface area contributed by atoms with E-state index in [1.165, 1.54) is 0 Å². The Balaban J connectivity index is 0.000001000. The zero-order valence-corrected chi connectivity index (χ0v) is 7.17. The number of rotatable bonds is 2. The average molecular weight is 186 g/mol. The summed E-state index contributed by atoms with van der Waals surface area (Å²) < 4.78 is 24.1. The highest BCUT2D eigenvalue weighted by Crippen LogP contribution is 2.16. The molecule has 2 atom stereocenters. The quantitative estimate of drug-likeness (QED) is 0.689. The van der Waals surface area contributed by atoms with Gasteiger partial charge in [-0.25, -0.2) is 0 Å². The molecule has 0 aromatic carbocycles. The van der Waals surface area contributed by atoms with Gasteiger partial charge in [0.05, 0.1) is 13.3 Å². The Morgan fingerprint density at radius 1 is 1.09 bits per heavy atom. The topological polar surface area (TPSA) is 12.0 Å². The van der Waals surface area contributed by atoms with Crippen LogP contribution in [-0.2, 0) is 0 Å². The molecule has 1 heterocycles. The largest absolute Gasteiger partial charge is 0.316 e. The Hall–Kier alpha value is 0.110. The number of nitrogens with one attached hydrogen (secondary N) is 1. The summed E-state index contributed by atoms with van der Waals surface area (Å²) in [6, 6.07) is 0. The number of piperidine rings is 1. The fourth-order valence-electron chi connectivity index (χ4n) is 1.36. The van der Waals surface area contributed by atoms with Gasteiger partial charge in [0.1, 0.15) is 0 Å². The van der Waals surface area contributed by atoms with Crippen molar-refractivity contribution in [2.24, 2.45) is 11.8 Å². The van der Waals surface area contributed by atoms with E-state index in [1.54, 1.807) is 0 Å². The Labute approximate surface area is 72.0 Å². The van der Waals surface area contributed by atoms with E-state index < -0.39 is 0 Å². The second kappa shape index (κ2) is 5.72. The molecule has 1 nitrogen and oxygen atoms in total. The Kier molecular flexibility index (Phi) is 5.78. The normalized spacial score (nSPS) is 31.1. The highest BCUT2D eigenvalue weighted by Gasteiger charge is 2.20. The second-order valence-electron chi connectivity index (χ2n) is 2.93. The Morgan fingerprint density at radius 2 is 1.55 bits per heavy atom. The number of hydrogen-bond acceptors (Lipinski definition) is 1. The SMILES string of the molecule is Cl.FCC1CNCC(CF)C1. The molecule has 1 aliphatic rings. The molecule has 68 valence electrons. The molecule has 1 rings (SSSR count). The van der Waals surface area contributed by atoms with Crippen LogP contribution in [-0.4, -0.2) is 26.4 Å². The van der Waals surface area contributed by atoms with E-state index >= 15 is 0 Å². The predicted octanol–water partition coefficient (Wildman–Crippen LogP) is 1.57. The van der Waals surface area contributed by atoms with Crippen LogP contribution in [0.15, 0.2) is 0 Å². The third-order valence-corrected chi connectivity index (χ3v) is 1.97. The van der Waals surface area contributed by atoms with Crippen molar-refractivity contribution in [1.29, 1.82) is 0 Å². The first-order valence-electron chi connectivity index (χ1n) is 3.69. The Bertz CT molecular complexity index is 92.4. The minimum absolute atomic E-state index is 0. The lowest BCUT2D eigenvalue weighted by atomic mass is 9.92. The lowest BCUT2D eigenvalue weighted by Crippen LogP contribution is -2.37. The van der Waals surface area contributed by atoms with Crippen molar-refractivity contribution in [3.63, 3.8) is 0 Å². The summed E-state index contributed by atoms with van der Waals surface area (Å²) >= 11 is 0. The molecule has 11 heavy (non-hydrogen) atoms. The molecule has 1 aliphatic heterocycles. The van der Waals surface area contributed by atoms with E-state index in [0.29, 0.717) is 19.5 Å². The maximum absolute atomic E-state index is 12.0. The van der Waals surface area contributed by atoms with Crippen LogP contribution in [0.2, 0.25) is 0 Å². The van der Waals surface area contributed by atoms with E-state index in [-0.39, 0.29) is 37.6 Å². The van der Waals surface area contributed by atoms with Crippen molar-refractivity contribution >= 4 is 12.4 Å². The van der Waals surface area contributed by atoms with Gasteiger partial charge in [-0.15, -0.1) is 12.4 Å². The van der Waals surface area contributed by atoms with Gasteiger partial charge in [-0.3, -0.25) is 8.78 Å². The minimum atomic E-state index is -0.316. The van der Waals surface area contributed by atoms with Gasteiger partial charge in [-0.2, -0.15) is 0 Å². The number of hydrogen-bond donors (Lipinski definition) is 1. The van der Waals surface area contributed by atoms with Crippen molar-refractivity contribution in [3.05, 3.63) is 0 Å². The molecule has 1 fully saturated rings. The van der Waals surface area contributed by atoms with Crippen LogP contribution >= 0.6 is 12.4 Å². The molecule has 4 heteroatoms. The molecule has 0 aromatic heterocycles. The molecule has 0 aliphatic carbocycles. The van der Waals surface area contributed by atoms with Crippen LogP contribution in [0, 0.1) is 11.8 Å². The molecule has 1 saturated heterocycles. The summed E-state index contributed by atoms with van der Waals surface area (Å²) in [5.74, 6) is 0.101. The average Bonchev–Trinajstić information content (AvgIpc) is 2.05. The van der Waals surface area contributed by atoms with Crippen LogP contribution in [0.3, 0.4) is 0 Å². The van der Waals surface area contributed by atoms with Gasteiger partial charge < -0.3 is 5.32 Å². The van der Waals surface area contributed by atoms with Gasteiger partial charge in [0.2, 0.25) is 0 Å². The van der Waals surface area contributed by atoms with Gasteiger partial charge in [0, 0.05) is 24.9 Å². The molecule has 0 amide bonds. The molecule has 0 saturated carbocycles. The monoisotopic (exact) mass is 185 g/mol. The van der Waals surface area contributed by atoms with E-state index in [9.17, 15) is 8.78 Å². The fourth-order valence-corrected chi connectivity index (χ4v) is 1.36. The smallest absolute Gasteiger partial charge is 0.0934 e. The molecule has 1 N–H and O–H groups in total. The van der Waals surface area contributed by atoms with Crippen LogP contribution in [0.4, 0.5) is 8.78 Å². The van der Waals surface area contributed by atoms with E-state index in [1.807, 2.05) is 0 Å². The van der Waals surface area contributed by atoms with E-state index in [2.05, 4.69) is 5.32 Å². The van der Waals surface area contributed by atoms with Gasteiger partial charge in [0.15, 0.2) is 0 Å². The van der Waals surface area contributed by atoms with E-state index in [4.69, 9.17) is 0 Å².